The van der Waals surface area contributed by atoms with E-state index < -0.39 is 0 Å². The van der Waals surface area contributed by atoms with Crippen molar-refractivity contribution in [3.63, 3.8) is 0 Å². The number of benzene rings is 6. The number of furan rings is 1. The zero-order chi connectivity index (χ0) is 34.9. The Bertz CT molecular complexity index is 2500. The SMILES string of the molecule is CC#Cc1cc2c(C#Cc3oc(C)c(CC)c3CC)cc1-c1ccc(cc1)-c1ccc(cc1)-c1ccc(cc1)-c1ccc(cc1)-c1ccc-2cc1. The number of aryl methyl sites for hydroxylation is 1. The Morgan fingerprint density at radius 2 is 0.725 bits per heavy atom. The first kappa shape index (κ1) is 32.0. The number of hydrogen-bond acceptors (Lipinski definition) is 1. The summed E-state index contributed by atoms with van der Waals surface area (Å²) in [5, 5.41) is 0. The van der Waals surface area contributed by atoms with Gasteiger partial charge in [-0.15, -0.1) is 5.92 Å². The summed E-state index contributed by atoms with van der Waals surface area (Å²) in [4.78, 5) is 0. The van der Waals surface area contributed by atoms with Gasteiger partial charge in [0.25, 0.3) is 0 Å². The predicted octanol–water partition coefficient (Wildman–Crippen LogP) is 12.8. The molecule has 1 aromatic heterocycles. The molecule has 23 rings (SSSR count). The molecule has 1 heteroatoms. The van der Waals surface area contributed by atoms with E-state index in [2.05, 4.69) is 171 Å². The molecule has 0 saturated heterocycles. The highest BCUT2D eigenvalue weighted by molar-refractivity contribution is 5.84. The Balaban J connectivity index is 1.33. The highest BCUT2D eigenvalue weighted by Crippen LogP contribution is 2.36. The summed E-state index contributed by atoms with van der Waals surface area (Å²) in [7, 11) is 0. The molecular weight excluding hydrogens is 617 g/mol. The molecule has 16 aliphatic carbocycles. The van der Waals surface area contributed by atoms with Crippen molar-refractivity contribution in [1.82, 2.24) is 0 Å². The van der Waals surface area contributed by atoms with Gasteiger partial charge in [-0.3, -0.25) is 0 Å². The maximum atomic E-state index is 6.24. The second-order valence-corrected chi connectivity index (χ2v) is 13.1. The highest BCUT2D eigenvalue weighted by atomic mass is 16.3. The van der Waals surface area contributed by atoms with E-state index in [0.717, 1.165) is 57.7 Å². The average molecular weight is 655 g/mol. The third-order valence-corrected chi connectivity index (χ3v) is 10.1. The van der Waals surface area contributed by atoms with E-state index >= 15 is 0 Å². The Kier molecular flexibility index (Phi) is 8.49. The number of rotatable bonds is 2. The van der Waals surface area contributed by atoms with E-state index in [0.29, 0.717) is 0 Å². The van der Waals surface area contributed by atoms with Gasteiger partial charge in [0.2, 0.25) is 0 Å². The standard InChI is InChI=1S/C50H38O/c1-5-8-44-31-49-43-27-23-41(24-28-43)39-19-15-37(16-20-39)35-11-9-34(10-12-35)36-13-17-38(18-14-36)40-21-25-42(26-22-40)48(44)32-45(49)29-30-50-47(7-3)46(6-2)33(4)51-50/h9-28,31-32H,6-7H2,1-4H3. The van der Waals surface area contributed by atoms with Crippen molar-refractivity contribution >= 4 is 0 Å². The molecule has 7 aromatic rings. The van der Waals surface area contributed by atoms with E-state index in [1.54, 1.807) is 0 Å². The van der Waals surface area contributed by atoms with Crippen LogP contribution in [0.4, 0.5) is 0 Å². The van der Waals surface area contributed by atoms with Gasteiger partial charge in [0.05, 0.1) is 0 Å². The average Bonchev–Trinajstić information content (AvgIpc) is 3.51. The summed E-state index contributed by atoms with van der Waals surface area (Å²) in [5.74, 6) is 15.3. The molecule has 6 aromatic carbocycles. The Hall–Kier alpha value is -6.28. The molecule has 0 saturated carbocycles. The van der Waals surface area contributed by atoms with Gasteiger partial charge in [-0.1, -0.05) is 147 Å². The lowest BCUT2D eigenvalue weighted by Gasteiger charge is -2.14. The van der Waals surface area contributed by atoms with Crippen LogP contribution in [0.3, 0.4) is 0 Å². The molecule has 0 radical (unpaired) electrons. The van der Waals surface area contributed by atoms with Gasteiger partial charge in [-0.25, -0.2) is 0 Å². The van der Waals surface area contributed by atoms with E-state index in [-0.39, 0.29) is 0 Å². The van der Waals surface area contributed by atoms with Gasteiger partial charge in [0, 0.05) is 16.7 Å². The fourth-order valence-corrected chi connectivity index (χ4v) is 7.36. The quantitative estimate of drug-likeness (QED) is 0.169. The van der Waals surface area contributed by atoms with Crippen LogP contribution >= 0.6 is 0 Å². The minimum atomic E-state index is 0.765. The minimum absolute atomic E-state index is 0.765. The second kappa shape index (κ2) is 13.6. The topological polar surface area (TPSA) is 13.1 Å². The summed E-state index contributed by atoms with van der Waals surface area (Å²) in [5.41, 5.74) is 18.2. The normalized spacial score (nSPS) is 11.0. The van der Waals surface area contributed by atoms with Crippen molar-refractivity contribution in [3.8, 4) is 90.4 Å². The molecule has 0 spiro atoms. The van der Waals surface area contributed by atoms with Crippen LogP contribution in [0.5, 0.6) is 0 Å². The summed E-state index contributed by atoms with van der Waals surface area (Å²) in [6.45, 7) is 8.30. The van der Waals surface area contributed by atoms with Crippen LogP contribution in [0, 0.1) is 30.6 Å². The maximum absolute atomic E-state index is 6.24. The smallest absolute Gasteiger partial charge is 0.180 e. The fourth-order valence-electron chi connectivity index (χ4n) is 7.36. The van der Waals surface area contributed by atoms with Gasteiger partial charge >= 0.3 is 0 Å². The monoisotopic (exact) mass is 654 g/mol. The molecule has 0 fully saturated rings. The first-order valence-electron chi connectivity index (χ1n) is 17.8. The van der Waals surface area contributed by atoms with E-state index in [4.69, 9.17) is 4.42 Å². The minimum Gasteiger partial charge on any atom is -0.452 e. The fraction of sp³-hybridized carbons (Fsp3) is 0.120. The van der Waals surface area contributed by atoms with Crippen LogP contribution in [-0.4, -0.2) is 0 Å². The van der Waals surface area contributed by atoms with Gasteiger partial charge in [0.15, 0.2) is 5.76 Å². The third kappa shape index (κ3) is 6.10. The molecule has 0 aliphatic heterocycles. The summed E-state index contributed by atoms with van der Waals surface area (Å²) in [6.07, 6.45) is 1.82. The van der Waals surface area contributed by atoms with Crippen LogP contribution in [-0.2, 0) is 12.8 Å². The van der Waals surface area contributed by atoms with Crippen LogP contribution in [0.15, 0.2) is 138 Å². The van der Waals surface area contributed by atoms with Gasteiger partial charge < -0.3 is 4.42 Å². The molecule has 0 amide bonds. The molecule has 12 bridgehead atoms. The molecule has 1 nitrogen and oxygen atoms in total. The molecule has 51 heavy (non-hydrogen) atoms. The van der Waals surface area contributed by atoms with Crippen LogP contribution in [0.25, 0.3) is 66.8 Å². The molecule has 16 aliphatic rings. The van der Waals surface area contributed by atoms with Crippen molar-refractivity contribution in [3.05, 3.63) is 167 Å². The second-order valence-electron chi connectivity index (χ2n) is 13.1. The molecule has 0 N–H and O–H groups in total. The number of hydrogen-bond donors (Lipinski definition) is 0. The van der Waals surface area contributed by atoms with Crippen molar-refractivity contribution in [1.29, 1.82) is 0 Å². The Morgan fingerprint density at radius 3 is 1.04 bits per heavy atom. The van der Waals surface area contributed by atoms with Crippen molar-refractivity contribution in [2.45, 2.75) is 40.5 Å². The van der Waals surface area contributed by atoms with Gasteiger partial charge in [-0.2, -0.15) is 0 Å². The summed E-state index contributed by atoms with van der Waals surface area (Å²) >= 11 is 0. The summed E-state index contributed by atoms with van der Waals surface area (Å²) < 4.78 is 6.24. The van der Waals surface area contributed by atoms with E-state index in [1.807, 2.05) is 13.8 Å². The Morgan fingerprint density at radius 1 is 0.412 bits per heavy atom. The predicted molar refractivity (Wildman–Crippen MR) is 213 cm³/mol. The molecular formula is C50H38O. The van der Waals surface area contributed by atoms with E-state index in [9.17, 15) is 0 Å². The van der Waals surface area contributed by atoms with Crippen molar-refractivity contribution in [2.24, 2.45) is 0 Å². The van der Waals surface area contributed by atoms with Crippen molar-refractivity contribution in [2.75, 3.05) is 0 Å². The lowest BCUT2D eigenvalue weighted by Crippen LogP contribution is -1.93. The van der Waals surface area contributed by atoms with Crippen LogP contribution < -0.4 is 0 Å². The zero-order valence-electron chi connectivity index (χ0n) is 29.5. The third-order valence-electron chi connectivity index (χ3n) is 10.1. The lowest BCUT2D eigenvalue weighted by atomic mass is 9.89. The molecule has 1 heterocycles. The first-order chi connectivity index (χ1) is 25.0. The molecule has 0 atom stereocenters. The zero-order valence-corrected chi connectivity index (χ0v) is 29.5. The van der Waals surface area contributed by atoms with Gasteiger partial charge in [-0.05, 0) is 117 Å². The largest absolute Gasteiger partial charge is 0.452 e. The molecule has 0 unspecified atom stereocenters. The van der Waals surface area contributed by atoms with Crippen molar-refractivity contribution < 1.29 is 4.42 Å². The van der Waals surface area contributed by atoms with Gasteiger partial charge in [0.1, 0.15) is 5.76 Å². The first-order valence-corrected chi connectivity index (χ1v) is 17.8. The van der Waals surface area contributed by atoms with Crippen LogP contribution in [0.1, 0.15) is 54.5 Å². The van der Waals surface area contributed by atoms with E-state index in [1.165, 1.54) is 55.6 Å². The molecule has 244 valence electrons. The summed E-state index contributed by atoms with van der Waals surface area (Å²) in [6, 6.07) is 48.6. The van der Waals surface area contributed by atoms with Crippen LogP contribution in [0.2, 0.25) is 0 Å². The lowest BCUT2D eigenvalue weighted by molar-refractivity contribution is 0.517. The Labute approximate surface area is 301 Å². The highest BCUT2D eigenvalue weighted by Gasteiger charge is 2.16. The maximum Gasteiger partial charge on any atom is 0.180 e.